The largest absolute Gasteiger partial charge is 0.478 e. The molecule has 0 saturated carbocycles. The summed E-state index contributed by atoms with van der Waals surface area (Å²) in [5, 5.41) is 37.0. The van der Waals surface area contributed by atoms with Crippen LogP contribution in [-0.4, -0.2) is 75.6 Å². The molecule has 2 N–H and O–H groups in total. The van der Waals surface area contributed by atoms with Gasteiger partial charge in [0.2, 0.25) is 11.8 Å². The highest BCUT2D eigenvalue weighted by molar-refractivity contribution is 5.93. The first kappa shape index (κ1) is 61.2. The predicted molar refractivity (Wildman–Crippen MR) is 316 cm³/mol. The summed E-state index contributed by atoms with van der Waals surface area (Å²) in [6, 6.07) is 34.1. The number of imidazole rings is 2. The Morgan fingerprint density at radius 1 is 0.522 bits per heavy atom. The number of aromatic carboxylic acids is 2. The molecule has 4 aromatic heterocycles. The molecule has 0 bridgehead atoms. The van der Waals surface area contributed by atoms with Crippen molar-refractivity contribution >= 4 is 34.0 Å². The molecule has 0 radical (unpaired) electrons. The Balaban J connectivity index is 0.000000185. The van der Waals surface area contributed by atoms with Gasteiger partial charge in [-0.05, 0) is 149 Å². The van der Waals surface area contributed by atoms with Gasteiger partial charge in [0.05, 0.1) is 91.1 Å². The van der Waals surface area contributed by atoms with Crippen molar-refractivity contribution in [3.05, 3.63) is 225 Å². The summed E-state index contributed by atoms with van der Waals surface area (Å²) in [5.41, 5.74) is 2.18. The van der Waals surface area contributed by atoms with Crippen LogP contribution in [0.3, 0.4) is 0 Å². The Kier molecular flexibility index (Phi) is 17.0. The smallest absolute Gasteiger partial charge is 0.335 e. The number of ether oxygens (including phenoxy) is 4. The number of halogens is 6. The SMILES string of the molecule is CC1(C)OCCC1n1c(Cc2cc(F)c(-c3cccc(OCc4ccc(C#N)cc4F)n3)cc2F)nc2ccc(C(=O)O)cc21.CC1(C)OCCC1n1c(Cc2cc(F)c(-c3cccc(OCc4ccc(C#N)cc4F)n3)cc2F)nc2ccc(C(=O)O)cc21. The van der Waals surface area contributed by atoms with Crippen LogP contribution in [0.2, 0.25) is 0 Å². The number of carbonyl (C=O) groups is 2. The minimum absolute atomic E-state index is 0.0561. The first-order valence-electron chi connectivity index (χ1n) is 28.4. The zero-order valence-corrected chi connectivity index (χ0v) is 48.7. The summed E-state index contributed by atoms with van der Waals surface area (Å²) >= 11 is 0. The molecule has 22 heteroatoms. The number of rotatable bonds is 16. The zero-order valence-electron chi connectivity index (χ0n) is 48.7. The van der Waals surface area contributed by atoms with Crippen LogP contribution in [0.4, 0.5) is 26.3 Å². The fourth-order valence-corrected chi connectivity index (χ4v) is 11.4. The van der Waals surface area contributed by atoms with Gasteiger partial charge in [0.1, 0.15) is 59.8 Å². The molecule has 2 unspecified atom stereocenters. The lowest BCUT2D eigenvalue weighted by Gasteiger charge is -2.29. The number of hydrogen-bond acceptors (Lipinski definition) is 12. The summed E-state index contributed by atoms with van der Waals surface area (Å²) < 4.78 is 118. The van der Waals surface area contributed by atoms with Crippen LogP contribution >= 0.6 is 0 Å². The Morgan fingerprint density at radius 2 is 0.922 bits per heavy atom. The van der Waals surface area contributed by atoms with Crippen molar-refractivity contribution in [2.75, 3.05) is 13.2 Å². The zero-order chi connectivity index (χ0) is 63.8. The Labute approximate surface area is 510 Å². The van der Waals surface area contributed by atoms with E-state index in [4.69, 9.17) is 39.4 Å². The molecule has 2 saturated heterocycles. The summed E-state index contributed by atoms with van der Waals surface area (Å²) in [5.74, 6) is -5.09. The van der Waals surface area contributed by atoms with Gasteiger partial charge in [0.25, 0.3) is 0 Å². The van der Waals surface area contributed by atoms with Gasteiger partial charge in [-0.1, -0.05) is 24.3 Å². The quantitative estimate of drug-likeness (QED) is 0.0860. The lowest BCUT2D eigenvalue weighted by molar-refractivity contribution is 0.0144. The molecule has 0 spiro atoms. The molecule has 12 rings (SSSR count). The second kappa shape index (κ2) is 25.0. The van der Waals surface area contributed by atoms with Crippen LogP contribution in [0.15, 0.2) is 133 Å². The van der Waals surface area contributed by atoms with Crippen molar-refractivity contribution in [2.24, 2.45) is 0 Å². The van der Waals surface area contributed by atoms with Crippen LogP contribution in [0.25, 0.3) is 44.6 Å². The van der Waals surface area contributed by atoms with Crippen molar-refractivity contribution in [1.82, 2.24) is 29.1 Å². The number of aromatic nitrogens is 6. The standard InChI is InChI=1S/2C34H27F3N4O4/c2*1-34(2)30(10-11-45-34)41-29-14-20(33(42)43)8-9-28(29)39-31(41)15-22-13-26(37)23(16-25(22)36)27-4-3-5-32(40-27)44-18-21-7-6-19(17-38)12-24(21)35/h2*3-9,12-14,16,30H,10-11,15,18H2,1-2H3,(H,42,43). The number of nitrogens with zero attached hydrogens (tertiary/aromatic N) is 8. The van der Waals surface area contributed by atoms with Gasteiger partial charge in [0.15, 0.2) is 0 Å². The average Bonchev–Trinajstić information content (AvgIpc) is 1.62. The van der Waals surface area contributed by atoms with E-state index in [1.54, 1.807) is 36.4 Å². The van der Waals surface area contributed by atoms with E-state index < -0.39 is 58.0 Å². The maximum atomic E-state index is 15.6. The molecular weight excluding hydrogens is 1170 g/mol. The molecule has 0 aliphatic carbocycles. The number of carboxylic acids is 2. The Bertz CT molecular complexity index is 4290. The summed E-state index contributed by atoms with van der Waals surface area (Å²) in [6.45, 7) is 8.36. The van der Waals surface area contributed by atoms with Crippen molar-refractivity contribution < 1.29 is 65.1 Å². The minimum atomic E-state index is -1.08. The first-order chi connectivity index (χ1) is 43.1. The second-order valence-electron chi connectivity index (χ2n) is 22.7. The molecule has 0 amide bonds. The molecule has 2 aliphatic heterocycles. The number of benzene rings is 6. The van der Waals surface area contributed by atoms with Gasteiger partial charge >= 0.3 is 11.9 Å². The van der Waals surface area contributed by atoms with E-state index in [1.807, 2.05) is 49.0 Å². The monoisotopic (exact) mass is 1220 g/mol. The Hall–Kier alpha value is -10.4. The fourth-order valence-electron chi connectivity index (χ4n) is 11.4. The summed E-state index contributed by atoms with van der Waals surface area (Å²) in [4.78, 5) is 41.4. The fraction of sp³-hybridized carbons (Fsp3) is 0.235. The van der Waals surface area contributed by atoms with Crippen LogP contribution < -0.4 is 9.47 Å². The summed E-state index contributed by atoms with van der Waals surface area (Å²) in [6.07, 6.45) is 1.17. The highest BCUT2D eigenvalue weighted by atomic mass is 19.1. The maximum Gasteiger partial charge on any atom is 0.335 e. The van der Waals surface area contributed by atoms with E-state index in [0.29, 0.717) is 59.8 Å². The normalized spacial score (nSPS) is 15.7. The Morgan fingerprint density at radius 3 is 1.28 bits per heavy atom. The first-order valence-corrected chi connectivity index (χ1v) is 28.4. The molecular formula is C68H54F6N8O8. The molecule has 2 fully saturated rings. The van der Waals surface area contributed by atoms with Gasteiger partial charge in [0, 0.05) is 60.4 Å². The van der Waals surface area contributed by atoms with Crippen LogP contribution in [0.5, 0.6) is 11.8 Å². The van der Waals surface area contributed by atoms with Crippen LogP contribution in [0.1, 0.15) is 118 Å². The highest BCUT2D eigenvalue weighted by Crippen LogP contribution is 2.42. The number of nitriles is 2. The van der Waals surface area contributed by atoms with E-state index in [0.717, 1.165) is 36.4 Å². The van der Waals surface area contributed by atoms with Crippen LogP contribution in [-0.2, 0) is 35.5 Å². The molecule has 2 aliphatic rings. The number of hydrogen-bond donors (Lipinski definition) is 2. The topological polar surface area (TPSA) is 221 Å². The molecule has 456 valence electrons. The lowest BCUT2D eigenvalue weighted by atomic mass is 9.97. The van der Waals surface area contributed by atoms with Gasteiger partial charge in [-0.25, -0.2) is 55.9 Å². The van der Waals surface area contributed by atoms with Gasteiger partial charge in [-0.2, -0.15) is 10.5 Å². The van der Waals surface area contributed by atoms with Gasteiger partial charge < -0.3 is 38.3 Å². The van der Waals surface area contributed by atoms with E-state index in [9.17, 15) is 28.6 Å². The minimum Gasteiger partial charge on any atom is -0.478 e. The van der Waals surface area contributed by atoms with Crippen molar-refractivity contribution in [1.29, 1.82) is 10.5 Å². The molecule has 10 aromatic rings. The molecule has 6 aromatic carbocycles. The van der Waals surface area contributed by atoms with Crippen LogP contribution in [0, 0.1) is 57.6 Å². The third kappa shape index (κ3) is 12.7. The maximum absolute atomic E-state index is 15.6. The molecule has 2 atom stereocenters. The number of fused-ring (bicyclic) bond motifs is 2. The number of pyridine rings is 2. The molecule has 90 heavy (non-hydrogen) atoms. The summed E-state index contributed by atoms with van der Waals surface area (Å²) in [7, 11) is 0. The van der Waals surface area contributed by atoms with Crippen molar-refractivity contribution in [3.8, 4) is 46.4 Å². The van der Waals surface area contributed by atoms with E-state index in [-0.39, 0.29) is 117 Å². The van der Waals surface area contributed by atoms with E-state index in [1.165, 1.54) is 60.7 Å². The predicted octanol–water partition coefficient (Wildman–Crippen LogP) is 14.0. The average molecular weight is 1230 g/mol. The lowest BCUT2D eigenvalue weighted by Crippen LogP contribution is -2.31. The molecule has 6 heterocycles. The van der Waals surface area contributed by atoms with E-state index in [2.05, 4.69) is 9.97 Å². The third-order valence-corrected chi connectivity index (χ3v) is 16.1. The van der Waals surface area contributed by atoms with Crippen molar-refractivity contribution in [3.63, 3.8) is 0 Å². The van der Waals surface area contributed by atoms with Gasteiger partial charge in [-0.15, -0.1) is 0 Å². The second-order valence-corrected chi connectivity index (χ2v) is 22.7. The molecule has 16 nitrogen and oxygen atoms in total. The highest BCUT2D eigenvalue weighted by Gasteiger charge is 2.41. The number of carboxylic acid groups (broad SMARTS) is 2. The third-order valence-electron chi connectivity index (χ3n) is 16.1. The van der Waals surface area contributed by atoms with Crippen molar-refractivity contribution in [2.45, 2.75) is 89.9 Å². The van der Waals surface area contributed by atoms with E-state index >= 15 is 17.6 Å². The van der Waals surface area contributed by atoms with Gasteiger partial charge in [-0.3, -0.25) is 0 Å².